The normalized spacial score (nSPS) is 11.5. The molecule has 29 heavy (non-hydrogen) atoms. The second-order valence-corrected chi connectivity index (χ2v) is 8.47. The summed E-state index contributed by atoms with van der Waals surface area (Å²) in [4.78, 5) is 0. The van der Waals surface area contributed by atoms with Gasteiger partial charge in [-0.15, -0.1) is 0 Å². The highest BCUT2D eigenvalue weighted by Gasteiger charge is 2.19. The van der Waals surface area contributed by atoms with Gasteiger partial charge in [0.2, 0.25) is 0 Å². The fourth-order valence-electron chi connectivity index (χ4n) is 2.89. The lowest BCUT2D eigenvalue weighted by atomic mass is 10.1. The molecule has 150 valence electrons. The molecule has 0 unspecified atom stereocenters. The maximum atomic E-state index is 12.4. The number of benzene rings is 2. The molecule has 0 aliphatic heterocycles. The Hall–Kier alpha value is -2.99. The van der Waals surface area contributed by atoms with Crippen LogP contribution in [0.4, 0.5) is 0 Å². The van der Waals surface area contributed by atoms with E-state index in [1.165, 1.54) is 7.05 Å². The highest BCUT2D eigenvalue weighted by Crippen LogP contribution is 2.22. The van der Waals surface area contributed by atoms with Crippen molar-refractivity contribution in [3.63, 3.8) is 0 Å². The van der Waals surface area contributed by atoms with E-state index in [0.29, 0.717) is 6.54 Å². The van der Waals surface area contributed by atoms with Gasteiger partial charge in [0.15, 0.2) is 0 Å². The first-order valence-electron chi connectivity index (χ1n) is 9.23. The molecule has 7 nitrogen and oxygen atoms in total. The molecule has 0 saturated carbocycles. The van der Waals surface area contributed by atoms with E-state index in [0.717, 1.165) is 26.7 Å². The van der Waals surface area contributed by atoms with E-state index in [1.54, 1.807) is 0 Å². The molecule has 0 spiro atoms. The number of nitrogens with zero attached hydrogens (tertiary/aromatic N) is 4. The minimum atomic E-state index is -3.68. The molecule has 0 bridgehead atoms. The fraction of sp³-hybridized carbons (Fsp3) is 0.238. The number of rotatable bonds is 9. The molecule has 2 aromatic carbocycles. The van der Waals surface area contributed by atoms with Gasteiger partial charge in [0, 0.05) is 43.9 Å². The van der Waals surface area contributed by atoms with Crippen molar-refractivity contribution in [1.29, 1.82) is 5.26 Å². The molecule has 8 heteroatoms. The molecule has 0 fully saturated rings. The highest BCUT2D eigenvalue weighted by atomic mass is 32.2. The highest BCUT2D eigenvalue weighted by molar-refractivity contribution is 7.87. The molecule has 3 rings (SSSR count). The first kappa shape index (κ1) is 20.7. The maximum absolute atomic E-state index is 12.4. The van der Waals surface area contributed by atoms with Crippen LogP contribution < -0.4 is 4.72 Å². The van der Waals surface area contributed by atoms with Gasteiger partial charge in [-0.2, -0.15) is 27.8 Å². The summed E-state index contributed by atoms with van der Waals surface area (Å²) in [6, 6.07) is 21.6. The van der Waals surface area contributed by atoms with Gasteiger partial charge in [0.05, 0.1) is 18.3 Å². The Morgan fingerprint density at radius 1 is 1.10 bits per heavy atom. The van der Waals surface area contributed by atoms with Crippen LogP contribution in [0.3, 0.4) is 0 Å². The van der Waals surface area contributed by atoms with E-state index >= 15 is 0 Å². The molecule has 1 aromatic heterocycles. The van der Waals surface area contributed by atoms with Crippen LogP contribution in [-0.2, 0) is 23.3 Å². The Balaban J connectivity index is 1.83. The molecule has 0 radical (unpaired) electrons. The first-order chi connectivity index (χ1) is 14.0. The van der Waals surface area contributed by atoms with Crippen molar-refractivity contribution in [3.05, 3.63) is 78.0 Å². The summed E-state index contributed by atoms with van der Waals surface area (Å²) in [7, 11) is -2.23. The molecule has 0 saturated heterocycles. The lowest BCUT2D eigenvalue weighted by Gasteiger charge is -2.16. The molecule has 1 heterocycles. The van der Waals surface area contributed by atoms with Crippen molar-refractivity contribution in [3.8, 4) is 17.3 Å². The van der Waals surface area contributed by atoms with E-state index in [9.17, 15) is 8.42 Å². The Labute approximate surface area is 171 Å². The van der Waals surface area contributed by atoms with Crippen molar-refractivity contribution in [1.82, 2.24) is 18.8 Å². The van der Waals surface area contributed by atoms with Gasteiger partial charge >= 0.3 is 0 Å². The third-order valence-electron chi connectivity index (χ3n) is 4.47. The zero-order valence-corrected chi connectivity index (χ0v) is 17.0. The molecule has 3 aromatic rings. The minimum Gasteiger partial charge on any atom is -0.267 e. The van der Waals surface area contributed by atoms with Gasteiger partial charge in [-0.1, -0.05) is 60.7 Å². The monoisotopic (exact) mass is 409 g/mol. The Bertz CT molecular complexity index is 1070. The van der Waals surface area contributed by atoms with Gasteiger partial charge in [0.1, 0.15) is 0 Å². The average molecular weight is 410 g/mol. The summed E-state index contributed by atoms with van der Waals surface area (Å²) in [6.45, 7) is 0.846. The maximum Gasteiger partial charge on any atom is 0.279 e. The molecule has 0 aliphatic rings. The summed E-state index contributed by atoms with van der Waals surface area (Å²) >= 11 is 0. The smallest absolute Gasteiger partial charge is 0.267 e. The van der Waals surface area contributed by atoms with E-state index in [1.807, 2.05) is 77.6 Å². The number of aromatic nitrogens is 2. The lowest BCUT2D eigenvalue weighted by molar-refractivity contribution is 0.464. The van der Waals surface area contributed by atoms with Crippen LogP contribution in [0.1, 0.15) is 17.5 Å². The quantitative estimate of drug-likeness (QED) is 0.588. The predicted molar refractivity (Wildman–Crippen MR) is 112 cm³/mol. The summed E-state index contributed by atoms with van der Waals surface area (Å²) in [5.41, 5.74) is 3.55. The van der Waals surface area contributed by atoms with Gasteiger partial charge in [-0.3, -0.25) is 4.68 Å². The van der Waals surface area contributed by atoms with E-state index in [4.69, 9.17) is 10.4 Å². The van der Waals surface area contributed by atoms with Crippen molar-refractivity contribution in [2.24, 2.45) is 0 Å². The van der Waals surface area contributed by atoms with Crippen LogP contribution in [0.25, 0.3) is 11.3 Å². The zero-order valence-electron chi connectivity index (χ0n) is 16.2. The third kappa shape index (κ3) is 5.51. The van der Waals surface area contributed by atoms with Crippen molar-refractivity contribution in [2.45, 2.75) is 19.5 Å². The van der Waals surface area contributed by atoms with Crippen LogP contribution in [0, 0.1) is 11.3 Å². The molecule has 0 aliphatic carbocycles. The van der Waals surface area contributed by atoms with Gasteiger partial charge in [-0.25, -0.2) is 0 Å². The average Bonchev–Trinajstić information content (AvgIpc) is 3.14. The Morgan fingerprint density at radius 3 is 2.41 bits per heavy atom. The number of hydrogen-bond acceptors (Lipinski definition) is 4. The van der Waals surface area contributed by atoms with Gasteiger partial charge in [0.25, 0.3) is 10.2 Å². The van der Waals surface area contributed by atoms with Crippen LogP contribution in [0.2, 0.25) is 0 Å². The number of hydrogen-bond donors (Lipinski definition) is 1. The van der Waals surface area contributed by atoms with Crippen LogP contribution >= 0.6 is 0 Å². The van der Waals surface area contributed by atoms with Crippen LogP contribution in [0.15, 0.2) is 66.9 Å². The SMILES string of the molecule is CN(CCC#N)S(=O)(=O)NCc1cn(Cc2ccccc2)nc1-c1ccccc1. The first-order valence-corrected chi connectivity index (χ1v) is 10.7. The van der Waals surface area contributed by atoms with E-state index < -0.39 is 10.2 Å². The van der Waals surface area contributed by atoms with Gasteiger partial charge in [-0.05, 0) is 5.56 Å². The van der Waals surface area contributed by atoms with Crippen molar-refractivity contribution >= 4 is 10.2 Å². The summed E-state index contributed by atoms with van der Waals surface area (Å²) in [5, 5.41) is 13.4. The summed E-state index contributed by atoms with van der Waals surface area (Å²) in [5.74, 6) is 0. The van der Waals surface area contributed by atoms with Crippen molar-refractivity contribution in [2.75, 3.05) is 13.6 Å². The molecular weight excluding hydrogens is 386 g/mol. The molecular formula is C21H23N5O2S. The number of nitrogens with one attached hydrogen (secondary N) is 1. The van der Waals surface area contributed by atoms with E-state index in [2.05, 4.69) is 4.72 Å². The van der Waals surface area contributed by atoms with E-state index in [-0.39, 0.29) is 19.5 Å². The standard InChI is InChI=1S/C21H23N5O2S/c1-25(14-8-13-22)29(27,28)23-15-20-17-26(16-18-9-4-2-5-10-18)24-21(20)19-11-6-3-7-12-19/h2-7,9-12,17,23H,8,14-16H2,1H3. The minimum absolute atomic E-state index is 0.109. The Morgan fingerprint density at radius 2 is 1.76 bits per heavy atom. The zero-order chi connectivity index (χ0) is 20.7. The summed E-state index contributed by atoms with van der Waals surface area (Å²) in [6.07, 6.45) is 2.01. The van der Waals surface area contributed by atoms with Gasteiger partial charge < -0.3 is 0 Å². The van der Waals surface area contributed by atoms with Crippen molar-refractivity contribution < 1.29 is 8.42 Å². The predicted octanol–water partition coefficient (Wildman–Crippen LogP) is 2.78. The second kappa shape index (κ2) is 9.47. The second-order valence-electron chi connectivity index (χ2n) is 6.61. The Kier molecular flexibility index (Phi) is 6.77. The summed E-state index contributed by atoms with van der Waals surface area (Å²) < 4.78 is 30.4. The lowest BCUT2D eigenvalue weighted by Crippen LogP contribution is -2.38. The molecule has 1 N–H and O–H groups in total. The third-order valence-corrected chi connectivity index (χ3v) is 5.98. The molecule has 0 atom stereocenters. The fourth-order valence-corrected chi connectivity index (χ4v) is 3.78. The number of nitriles is 1. The van der Waals surface area contributed by atoms with Crippen LogP contribution in [0.5, 0.6) is 0 Å². The largest absolute Gasteiger partial charge is 0.279 e. The topological polar surface area (TPSA) is 91.0 Å². The van der Waals surface area contributed by atoms with Crippen LogP contribution in [-0.4, -0.2) is 36.1 Å². The molecule has 0 amide bonds.